The average Bonchev–Trinajstić information content (AvgIpc) is 2.72. The summed E-state index contributed by atoms with van der Waals surface area (Å²) in [4.78, 5) is 29.7. The van der Waals surface area contributed by atoms with Crippen LogP contribution in [0.2, 0.25) is 0 Å². The Hall–Kier alpha value is -1.88. The van der Waals surface area contributed by atoms with Crippen molar-refractivity contribution in [1.82, 2.24) is 20.9 Å². The highest BCUT2D eigenvalue weighted by Crippen LogP contribution is 2.09. The molecule has 1 aromatic rings. The van der Waals surface area contributed by atoms with Gasteiger partial charge in [0, 0.05) is 52.0 Å². The van der Waals surface area contributed by atoms with Gasteiger partial charge < -0.3 is 25.6 Å². The van der Waals surface area contributed by atoms with E-state index in [1.54, 1.807) is 24.1 Å². The molecule has 8 nitrogen and oxygen atoms in total. The van der Waals surface area contributed by atoms with Gasteiger partial charge in [0.25, 0.3) is 5.91 Å². The molecule has 0 bridgehead atoms. The Kier molecular flexibility index (Phi) is 12.4. The van der Waals surface area contributed by atoms with E-state index in [0.717, 1.165) is 37.7 Å². The molecule has 2 rings (SSSR count). The quantitative estimate of drug-likeness (QED) is 0.195. The SMILES string of the molecule is CN=C(NCCCOCC(C)C)NCc1ccc(C(=O)N2CCNC(=O)C2)cc1.I. The van der Waals surface area contributed by atoms with E-state index in [1.165, 1.54) is 0 Å². The van der Waals surface area contributed by atoms with Gasteiger partial charge in [0.05, 0.1) is 6.54 Å². The van der Waals surface area contributed by atoms with Crippen molar-refractivity contribution in [2.75, 3.05) is 46.4 Å². The van der Waals surface area contributed by atoms with E-state index in [0.29, 0.717) is 31.1 Å². The molecule has 3 N–H and O–H groups in total. The maximum Gasteiger partial charge on any atom is 0.254 e. The van der Waals surface area contributed by atoms with Gasteiger partial charge in [-0.2, -0.15) is 0 Å². The van der Waals surface area contributed by atoms with Crippen LogP contribution in [0.25, 0.3) is 0 Å². The van der Waals surface area contributed by atoms with Crippen molar-refractivity contribution >= 4 is 41.8 Å². The summed E-state index contributed by atoms with van der Waals surface area (Å²) in [7, 11) is 1.74. The lowest BCUT2D eigenvalue weighted by Gasteiger charge is -2.26. The largest absolute Gasteiger partial charge is 0.381 e. The van der Waals surface area contributed by atoms with E-state index in [1.807, 2.05) is 12.1 Å². The zero-order valence-corrected chi connectivity index (χ0v) is 20.4. The second-order valence-corrected chi connectivity index (χ2v) is 7.45. The van der Waals surface area contributed by atoms with Crippen molar-refractivity contribution in [3.8, 4) is 0 Å². The number of ether oxygens (including phenoxy) is 1. The number of amides is 2. The van der Waals surface area contributed by atoms with Gasteiger partial charge in [0.1, 0.15) is 0 Å². The molecule has 0 aliphatic carbocycles. The Labute approximate surface area is 196 Å². The van der Waals surface area contributed by atoms with Crippen LogP contribution in [0, 0.1) is 5.92 Å². The smallest absolute Gasteiger partial charge is 0.254 e. The summed E-state index contributed by atoms with van der Waals surface area (Å²) in [5.74, 6) is 1.05. The maximum absolute atomic E-state index is 12.5. The number of carbonyl (C=O) groups excluding carboxylic acids is 2. The van der Waals surface area contributed by atoms with Crippen molar-refractivity contribution in [2.45, 2.75) is 26.8 Å². The van der Waals surface area contributed by atoms with E-state index in [4.69, 9.17) is 4.74 Å². The number of hydrogen-bond donors (Lipinski definition) is 3. The summed E-state index contributed by atoms with van der Waals surface area (Å²) in [6, 6.07) is 7.43. The van der Waals surface area contributed by atoms with Gasteiger partial charge in [-0.3, -0.25) is 14.6 Å². The van der Waals surface area contributed by atoms with E-state index in [-0.39, 0.29) is 42.3 Å². The zero-order chi connectivity index (χ0) is 21.1. The van der Waals surface area contributed by atoms with E-state index >= 15 is 0 Å². The lowest BCUT2D eigenvalue weighted by atomic mass is 10.1. The molecule has 168 valence electrons. The molecule has 2 amide bonds. The molecule has 1 fully saturated rings. The van der Waals surface area contributed by atoms with Crippen molar-refractivity contribution in [3.05, 3.63) is 35.4 Å². The van der Waals surface area contributed by atoms with Crippen LogP contribution in [0.5, 0.6) is 0 Å². The number of hydrogen-bond acceptors (Lipinski definition) is 4. The highest BCUT2D eigenvalue weighted by atomic mass is 127. The van der Waals surface area contributed by atoms with Crippen LogP contribution >= 0.6 is 24.0 Å². The molecule has 9 heteroatoms. The molecular formula is C21H34IN5O3. The van der Waals surface area contributed by atoms with Crippen molar-refractivity contribution in [1.29, 1.82) is 0 Å². The van der Waals surface area contributed by atoms with Crippen molar-refractivity contribution in [3.63, 3.8) is 0 Å². The standard InChI is InChI=1S/C21H33N5O3.HI/c1-16(2)15-29-12-4-9-24-21(22-3)25-13-17-5-7-18(8-6-17)20(28)26-11-10-23-19(27)14-26;/h5-8,16H,4,9-15H2,1-3H3,(H,23,27)(H2,22,24,25);1H. The third-order valence-electron chi connectivity index (χ3n) is 4.42. The summed E-state index contributed by atoms with van der Waals surface area (Å²) in [5.41, 5.74) is 1.63. The van der Waals surface area contributed by atoms with Gasteiger partial charge in [0.15, 0.2) is 5.96 Å². The number of rotatable bonds is 9. The predicted octanol–water partition coefficient (Wildman–Crippen LogP) is 1.60. The number of benzene rings is 1. The summed E-state index contributed by atoms with van der Waals surface area (Å²) >= 11 is 0. The molecule has 1 aliphatic heterocycles. The number of halogens is 1. The predicted molar refractivity (Wildman–Crippen MR) is 129 cm³/mol. The molecule has 0 aromatic heterocycles. The van der Waals surface area contributed by atoms with Gasteiger partial charge >= 0.3 is 0 Å². The minimum atomic E-state index is -0.115. The van der Waals surface area contributed by atoms with Crippen LogP contribution in [0.15, 0.2) is 29.3 Å². The number of nitrogens with zero attached hydrogens (tertiary/aromatic N) is 2. The Balaban J connectivity index is 0.00000450. The van der Waals surface area contributed by atoms with Gasteiger partial charge in [-0.05, 0) is 30.0 Å². The van der Waals surface area contributed by atoms with Crippen LogP contribution in [0.1, 0.15) is 36.2 Å². The monoisotopic (exact) mass is 531 g/mol. The second kappa shape index (κ2) is 14.2. The average molecular weight is 531 g/mol. The Bertz CT molecular complexity index is 694. The molecule has 1 heterocycles. The minimum absolute atomic E-state index is 0. The van der Waals surface area contributed by atoms with Crippen LogP contribution in [-0.4, -0.2) is 69.1 Å². The van der Waals surface area contributed by atoms with Crippen LogP contribution in [0.3, 0.4) is 0 Å². The number of aliphatic imine (C=N–C) groups is 1. The van der Waals surface area contributed by atoms with Crippen molar-refractivity contribution in [2.24, 2.45) is 10.9 Å². The lowest BCUT2D eigenvalue weighted by molar-refractivity contribution is -0.123. The third kappa shape index (κ3) is 9.29. The normalized spacial score (nSPS) is 14.2. The first kappa shape index (κ1) is 26.2. The topological polar surface area (TPSA) is 95.1 Å². The number of piperazine rings is 1. The highest BCUT2D eigenvalue weighted by Gasteiger charge is 2.22. The summed E-state index contributed by atoms with van der Waals surface area (Å²) in [6.07, 6.45) is 0.915. The summed E-state index contributed by atoms with van der Waals surface area (Å²) in [6.45, 7) is 8.34. The molecule has 0 radical (unpaired) electrons. The number of nitrogens with one attached hydrogen (secondary N) is 3. The van der Waals surface area contributed by atoms with Gasteiger partial charge in [0.2, 0.25) is 5.91 Å². The molecule has 0 unspecified atom stereocenters. The molecule has 0 spiro atoms. The lowest BCUT2D eigenvalue weighted by Crippen LogP contribution is -2.49. The maximum atomic E-state index is 12.5. The van der Waals surface area contributed by atoms with Crippen molar-refractivity contribution < 1.29 is 14.3 Å². The summed E-state index contributed by atoms with van der Waals surface area (Å²) < 4.78 is 5.57. The van der Waals surface area contributed by atoms with Crippen LogP contribution in [0.4, 0.5) is 0 Å². The van der Waals surface area contributed by atoms with Crippen LogP contribution in [-0.2, 0) is 16.1 Å². The Morgan fingerprint density at radius 3 is 2.63 bits per heavy atom. The second-order valence-electron chi connectivity index (χ2n) is 7.45. The van der Waals surface area contributed by atoms with E-state index in [2.05, 4.69) is 34.8 Å². The molecular weight excluding hydrogens is 497 g/mol. The minimum Gasteiger partial charge on any atom is -0.381 e. The highest BCUT2D eigenvalue weighted by molar-refractivity contribution is 14.0. The van der Waals surface area contributed by atoms with E-state index < -0.39 is 0 Å². The first-order valence-corrected chi connectivity index (χ1v) is 10.2. The first-order valence-electron chi connectivity index (χ1n) is 10.2. The summed E-state index contributed by atoms with van der Waals surface area (Å²) in [5, 5.41) is 9.25. The fourth-order valence-electron chi connectivity index (χ4n) is 2.87. The van der Waals surface area contributed by atoms with Gasteiger partial charge in [-0.25, -0.2) is 0 Å². The Morgan fingerprint density at radius 1 is 1.27 bits per heavy atom. The zero-order valence-electron chi connectivity index (χ0n) is 18.1. The molecule has 1 aromatic carbocycles. The van der Waals surface area contributed by atoms with Crippen LogP contribution < -0.4 is 16.0 Å². The van der Waals surface area contributed by atoms with Gasteiger partial charge in [-0.1, -0.05) is 26.0 Å². The van der Waals surface area contributed by atoms with E-state index in [9.17, 15) is 9.59 Å². The molecule has 30 heavy (non-hydrogen) atoms. The molecule has 0 saturated carbocycles. The number of guanidine groups is 1. The first-order chi connectivity index (χ1) is 14.0. The Morgan fingerprint density at radius 2 is 2.00 bits per heavy atom. The fourth-order valence-corrected chi connectivity index (χ4v) is 2.87. The molecule has 1 aliphatic rings. The van der Waals surface area contributed by atoms with Gasteiger partial charge in [-0.15, -0.1) is 24.0 Å². The molecule has 1 saturated heterocycles. The molecule has 0 atom stereocenters. The number of carbonyl (C=O) groups is 2. The third-order valence-corrected chi connectivity index (χ3v) is 4.42. The fraction of sp³-hybridized carbons (Fsp3) is 0.571.